The summed E-state index contributed by atoms with van der Waals surface area (Å²) in [6.45, 7) is 2.86. The monoisotopic (exact) mass is 416 g/mol. The fraction of sp³-hybridized carbons (Fsp3) is 0.240. The molecule has 6 heteroatoms. The van der Waals surface area contributed by atoms with Crippen molar-refractivity contribution in [3.63, 3.8) is 0 Å². The SMILES string of the molecule is CC(OC(=O)c1ccc(CN2CCCC2=O)cc1)C(=O)Nc1cccc2ccccc12. The number of carbonyl (C=O) groups excluding carboxylic acids is 3. The van der Waals surface area contributed by atoms with Gasteiger partial charge in [0.15, 0.2) is 6.10 Å². The lowest BCUT2D eigenvalue weighted by atomic mass is 10.1. The summed E-state index contributed by atoms with van der Waals surface area (Å²) >= 11 is 0. The molecule has 0 bridgehead atoms. The zero-order valence-electron chi connectivity index (χ0n) is 17.3. The molecule has 6 nitrogen and oxygen atoms in total. The Balaban J connectivity index is 1.36. The lowest BCUT2D eigenvalue weighted by Gasteiger charge is -2.16. The average Bonchev–Trinajstić information content (AvgIpc) is 3.18. The number of esters is 1. The van der Waals surface area contributed by atoms with Gasteiger partial charge in [0.1, 0.15) is 0 Å². The third-order valence-electron chi connectivity index (χ3n) is 5.43. The summed E-state index contributed by atoms with van der Waals surface area (Å²) < 4.78 is 5.36. The maximum Gasteiger partial charge on any atom is 0.338 e. The van der Waals surface area contributed by atoms with Crippen molar-refractivity contribution in [2.24, 2.45) is 0 Å². The number of fused-ring (bicyclic) bond motifs is 1. The highest BCUT2D eigenvalue weighted by Crippen LogP contribution is 2.23. The summed E-state index contributed by atoms with van der Waals surface area (Å²) in [5.74, 6) is -0.798. The molecule has 1 N–H and O–H groups in total. The second kappa shape index (κ2) is 9.00. The number of carbonyl (C=O) groups is 3. The number of nitrogens with one attached hydrogen (secondary N) is 1. The smallest absolute Gasteiger partial charge is 0.338 e. The number of anilines is 1. The van der Waals surface area contributed by atoms with Gasteiger partial charge in [-0.25, -0.2) is 4.79 Å². The number of ether oxygens (including phenoxy) is 1. The second-order valence-electron chi connectivity index (χ2n) is 7.68. The Kier molecular flexibility index (Phi) is 5.98. The summed E-state index contributed by atoms with van der Waals surface area (Å²) in [5, 5.41) is 4.78. The van der Waals surface area contributed by atoms with Crippen LogP contribution < -0.4 is 5.32 Å². The second-order valence-corrected chi connectivity index (χ2v) is 7.68. The van der Waals surface area contributed by atoms with E-state index in [0.717, 1.165) is 29.3 Å². The highest BCUT2D eigenvalue weighted by atomic mass is 16.5. The zero-order chi connectivity index (χ0) is 21.8. The summed E-state index contributed by atoms with van der Waals surface area (Å²) in [4.78, 5) is 38.6. The molecule has 3 aromatic carbocycles. The van der Waals surface area contributed by atoms with Crippen LogP contribution in [0.2, 0.25) is 0 Å². The number of hydrogen-bond acceptors (Lipinski definition) is 4. The summed E-state index contributed by atoms with van der Waals surface area (Å²) in [6.07, 6.45) is 0.541. The molecular weight excluding hydrogens is 392 g/mol. The fourth-order valence-electron chi connectivity index (χ4n) is 3.69. The van der Waals surface area contributed by atoms with Crippen LogP contribution in [-0.2, 0) is 20.9 Å². The van der Waals surface area contributed by atoms with Gasteiger partial charge in [-0.1, -0.05) is 48.5 Å². The molecule has 2 amide bonds. The Hall–Kier alpha value is -3.67. The van der Waals surface area contributed by atoms with Crippen LogP contribution in [0.25, 0.3) is 10.8 Å². The molecule has 158 valence electrons. The maximum absolute atomic E-state index is 12.6. The van der Waals surface area contributed by atoms with Crippen molar-refractivity contribution in [2.75, 3.05) is 11.9 Å². The predicted molar refractivity (Wildman–Crippen MR) is 119 cm³/mol. The molecule has 1 atom stereocenters. The van der Waals surface area contributed by atoms with E-state index in [9.17, 15) is 14.4 Å². The molecule has 0 spiro atoms. The Labute approximate surface area is 180 Å². The standard InChI is InChI=1S/C25H24N2O4/c1-17(24(29)26-22-9-4-7-19-6-2-3-8-21(19)22)31-25(30)20-13-11-18(12-14-20)16-27-15-5-10-23(27)28/h2-4,6-9,11-14,17H,5,10,15-16H2,1H3,(H,26,29). The van der Waals surface area contributed by atoms with Crippen molar-refractivity contribution in [3.8, 4) is 0 Å². The van der Waals surface area contributed by atoms with E-state index < -0.39 is 18.0 Å². The highest BCUT2D eigenvalue weighted by molar-refractivity contribution is 6.04. The molecule has 1 unspecified atom stereocenters. The largest absolute Gasteiger partial charge is 0.449 e. The van der Waals surface area contributed by atoms with Gasteiger partial charge < -0.3 is 15.0 Å². The van der Waals surface area contributed by atoms with Crippen LogP contribution in [0.4, 0.5) is 5.69 Å². The van der Waals surface area contributed by atoms with E-state index in [-0.39, 0.29) is 5.91 Å². The summed E-state index contributed by atoms with van der Waals surface area (Å²) in [7, 11) is 0. The molecule has 0 radical (unpaired) electrons. The van der Waals surface area contributed by atoms with Gasteiger partial charge in [0.25, 0.3) is 5.91 Å². The molecule has 0 aliphatic carbocycles. The van der Waals surface area contributed by atoms with Crippen molar-refractivity contribution < 1.29 is 19.1 Å². The number of rotatable bonds is 6. The molecule has 0 saturated carbocycles. The molecule has 3 aromatic rings. The average molecular weight is 416 g/mol. The van der Waals surface area contributed by atoms with Gasteiger partial charge in [-0.3, -0.25) is 9.59 Å². The number of amides is 2. The van der Waals surface area contributed by atoms with Gasteiger partial charge in [-0.15, -0.1) is 0 Å². The summed E-state index contributed by atoms with van der Waals surface area (Å²) in [6, 6.07) is 20.3. The summed E-state index contributed by atoms with van der Waals surface area (Å²) in [5.41, 5.74) is 1.99. The third-order valence-corrected chi connectivity index (χ3v) is 5.43. The van der Waals surface area contributed by atoms with E-state index in [1.165, 1.54) is 0 Å². The van der Waals surface area contributed by atoms with Crippen molar-refractivity contribution >= 4 is 34.2 Å². The zero-order valence-corrected chi connectivity index (χ0v) is 17.3. The van der Waals surface area contributed by atoms with Gasteiger partial charge in [0.05, 0.1) is 5.56 Å². The quantitative estimate of drug-likeness (QED) is 0.613. The molecule has 0 aromatic heterocycles. The minimum absolute atomic E-state index is 0.162. The van der Waals surface area contributed by atoms with Crippen molar-refractivity contribution in [1.29, 1.82) is 0 Å². The van der Waals surface area contributed by atoms with E-state index >= 15 is 0 Å². The van der Waals surface area contributed by atoms with Crippen LogP contribution >= 0.6 is 0 Å². The Morgan fingerprint density at radius 3 is 2.52 bits per heavy atom. The van der Waals surface area contributed by atoms with Gasteiger partial charge in [0, 0.05) is 30.6 Å². The van der Waals surface area contributed by atoms with E-state index in [1.807, 2.05) is 59.5 Å². The number of likely N-dealkylation sites (tertiary alicyclic amines) is 1. The molecule has 31 heavy (non-hydrogen) atoms. The van der Waals surface area contributed by atoms with Crippen molar-refractivity contribution in [3.05, 3.63) is 77.9 Å². The first-order valence-corrected chi connectivity index (χ1v) is 10.4. The van der Waals surface area contributed by atoms with Gasteiger partial charge in [0.2, 0.25) is 5.91 Å². The van der Waals surface area contributed by atoms with Crippen molar-refractivity contribution in [1.82, 2.24) is 4.90 Å². The minimum atomic E-state index is -0.951. The van der Waals surface area contributed by atoms with Crippen molar-refractivity contribution in [2.45, 2.75) is 32.4 Å². The predicted octanol–water partition coefficient (Wildman–Crippen LogP) is 4.15. The van der Waals surface area contributed by atoms with Crippen LogP contribution in [0.3, 0.4) is 0 Å². The van der Waals surface area contributed by atoms with Gasteiger partial charge >= 0.3 is 5.97 Å². The molecule has 1 fully saturated rings. The lowest BCUT2D eigenvalue weighted by Crippen LogP contribution is -2.30. The molecular formula is C25H24N2O4. The highest BCUT2D eigenvalue weighted by Gasteiger charge is 2.21. The van der Waals surface area contributed by atoms with Gasteiger partial charge in [-0.05, 0) is 42.5 Å². The topological polar surface area (TPSA) is 75.7 Å². The lowest BCUT2D eigenvalue weighted by molar-refractivity contribution is -0.128. The van der Waals surface area contributed by atoms with E-state index in [1.54, 1.807) is 19.1 Å². The van der Waals surface area contributed by atoms with E-state index in [4.69, 9.17) is 4.74 Å². The number of nitrogens with zero attached hydrogens (tertiary/aromatic N) is 1. The molecule has 1 heterocycles. The minimum Gasteiger partial charge on any atom is -0.449 e. The first-order chi connectivity index (χ1) is 15.0. The Morgan fingerprint density at radius 2 is 1.77 bits per heavy atom. The molecule has 1 aliphatic heterocycles. The van der Waals surface area contributed by atoms with E-state index in [0.29, 0.717) is 24.2 Å². The first kappa shape index (κ1) is 20.6. The van der Waals surface area contributed by atoms with Crippen LogP contribution in [0.1, 0.15) is 35.7 Å². The fourth-order valence-corrected chi connectivity index (χ4v) is 3.69. The first-order valence-electron chi connectivity index (χ1n) is 10.4. The van der Waals surface area contributed by atoms with E-state index in [2.05, 4.69) is 5.32 Å². The number of hydrogen-bond donors (Lipinski definition) is 1. The van der Waals surface area contributed by atoms with Gasteiger partial charge in [-0.2, -0.15) is 0 Å². The van der Waals surface area contributed by atoms with Crippen LogP contribution in [-0.4, -0.2) is 35.3 Å². The third kappa shape index (κ3) is 4.74. The molecule has 4 rings (SSSR count). The van der Waals surface area contributed by atoms with Crippen LogP contribution in [0, 0.1) is 0 Å². The van der Waals surface area contributed by atoms with Crippen LogP contribution in [0.5, 0.6) is 0 Å². The van der Waals surface area contributed by atoms with Crippen LogP contribution in [0.15, 0.2) is 66.7 Å². The number of benzene rings is 3. The maximum atomic E-state index is 12.6. The molecule has 1 saturated heterocycles. The Bertz CT molecular complexity index is 1120. The Morgan fingerprint density at radius 1 is 1.03 bits per heavy atom. The molecule has 1 aliphatic rings. The normalized spacial score (nSPS) is 14.5.